The van der Waals surface area contributed by atoms with Gasteiger partial charge in [-0.3, -0.25) is 38.8 Å². The summed E-state index contributed by atoms with van der Waals surface area (Å²) in [6.07, 6.45) is 2.58. The summed E-state index contributed by atoms with van der Waals surface area (Å²) in [5, 5.41) is 42.1. The fourth-order valence-electron chi connectivity index (χ4n) is 5.52. The number of rotatable bonds is 12. The molecule has 1 saturated heterocycles. The number of nitrogens with zero attached hydrogens (tertiary/aromatic N) is 4. The van der Waals surface area contributed by atoms with Crippen LogP contribution >= 0.6 is 12.2 Å². The van der Waals surface area contributed by atoms with E-state index in [9.17, 15) is 39.6 Å². The number of carbonyl (C=O) groups is 4. The molecule has 0 aromatic heterocycles. The van der Waals surface area contributed by atoms with Crippen LogP contribution in [0.5, 0.6) is 5.75 Å². The highest BCUT2D eigenvalue weighted by Gasteiger charge is 2.30. The second-order valence-electron chi connectivity index (χ2n) is 11.1. The van der Waals surface area contributed by atoms with Crippen LogP contribution in [0.4, 0.5) is 5.69 Å². The molecular formula is C30H47N5O9S. The SMILES string of the molecule is CCC(=S)Nc1ccc(OC)cc1C(C(=O)O)N1CCCN(CC(=O)O)CCCN(CC(=O)O)CCCN(CC(=O)O)CCC1. The van der Waals surface area contributed by atoms with Crippen LogP contribution in [0.15, 0.2) is 18.2 Å². The number of anilines is 1. The number of nitrogens with one attached hydrogen (secondary N) is 1. The molecule has 1 aromatic carbocycles. The van der Waals surface area contributed by atoms with Gasteiger partial charge >= 0.3 is 23.9 Å². The van der Waals surface area contributed by atoms with E-state index in [0.29, 0.717) is 106 Å². The predicted octanol–water partition coefficient (Wildman–Crippen LogP) is 2.01. The van der Waals surface area contributed by atoms with Crippen LogP contribution in [-0.2, 0) is 19.2 Å². The van der Waals surface area contributed by atoms with Gasteiger partial charge in [0.1, 0.15) is 11.8 Å². The summed E-state index contributed by atoms with van der Waals surface area (Å²) in [6.45, 7) is 4.53. The second-order valence-corrected chi connectivity index (χ2v) is 11.5. The number of hydrogen-bond donors (Lipinski definition) is 5. The predicted molar refractivity (Wildman–Crippen MR) is 172 cm³/mol. The van der Waals surface area contributed by atoms with Crippen LogP contribution in [0.3, 0.4) is 0 Å². The summed E-state index contributed by atoms with van der Waals surface area (Å²) >= 11 is 5.39. The number of hydrogen-bond acceptors (Lipinski definition) is 10. The molecule has 0 amide bonds. The van der Waals surface area contributed by atoms with Gasteiger partial charge in [0.15, 0.2) is 0 Å². The summed E-state index contributed by atoms with van der Waals surface area (Å²) in [5.41, 5.74) is 1.02. The number of ether oxygens (including phenoxy) is 1. The smallest absolute Gasteiger partial charge is 0.325 e. The Bertz CT molecular complexity index is 1120. The number of thiocarbonyl (C=S) groups is 1. The molecule has 1 atom stereocenters. The Hall–Kier alpha value is -3.37. The Morgan fingerprint density at radius 1 is 0.778 bits per heavy atom. The van der Waals surface area contributed by atoms with Crippen molar-refractivity contribution in [1.29, 1.82) is 0 Å². The molecule has 0 radical (unpaired) electrons. The van der Waals surface area contributed by atoms with Crippen molar-refractivity contribution in [3.8, 4) is 5.75 Å². The molecule has 1 aliphatic rings. The summed E-state index contributed by atoms with van der Waals surface area (Å²) in [4.78, 5) is 55.3. The van der Waals surface area contributed by atoms with Crippen molar-refractivity contribution in [2.45, 2.75) is 45.1 Å². The van der Waals surface area contributed by atoms with E-state index in [2.05, 4.69) is 5.32 Å². The van der Waals surface area contributed by atoms with Crippen molar-refractivity contribution in [2.24, 2.45) is 0 Å². The van der Waals surface area contributed by atoms with Crippen LogP contribution in [0, 0.1) is 0 Å². The molecule has 0 saturated carbocycles. The second kappa shape index (κ2) is 19.9. The topological polar surface area (TPSA) is 183 Å². The lowest BCUT2D eigenvalue weighted by atomic mass is 10.0. The molecule has 14 nitrogen and oxygen atoms in total. The third-order valence-corrected chi connectivity index (χ3v) is 7.95. The van der Waals surface area contributed by atoms with Crippen LogP contribution in [-0.4, -0.2) is 148 Å². The van der Waals surface area contributed by atoms with Gasteiger partial charge in [0.25, 0.3) is 0 Å². The molecule has 0 aliphatic carbocycles. The molecule has 0 bridgehead atoms. The third-order valence-electron chi connectivity index (χ3n) is 7.56. The van der Waals surface area contributed by atoms with Gasteiger partial charge in [0.2, 0.25) is 0 Å². The summed E-state index contributed by atoms with van der Waals surface area (Å²) in [5.74, 6) is -3.52. The van der Waals surface area contributed by atoms with E-state index < -0.39 is 29.9 Å². The molecule has 0 spiro atoms. The maximum absolute atomic E-state index is 12.9. The maximum atomic E-state index is 12.9. The van der Waals surface area contributed by atoms with Crippen LogP contribution in [0.1, 0.15) is 50.6 Å². The zero-order valence-electron chi connectivity index (χ0n) is 26.2. The van der Waals surface area contributed by atoms with E-state index in [0.717, 1.165) is 0 Å². The first-order valence-electron chi connectivity index (χ1n) is 15.2. The van der Waals surface area contributed by atoms with Crippen molar-refractivity contribution in [3.05, 3.63) is 23.8 Å². The lowest BCUT2D eigenvalue weighted by Gasteiger charge is -2.33. The van der Waals surface area contributed by atoms with Crippen LogP contribution in [0.25, 0.3) is 0 Å². The minimum absolute atomic E-state index is 0.159. The molecule has 1 heterocycles. The van der Waals surface area contributed by atoms with Gasteiger partial charge in [-0.25, -0.2) is 0 Å². The molecule has 1 aliphatic heterocycles. The quantitative estimate of drug-likeness (QED) is 0.206. The number of methoxy groups -OCH3 is 1. The summed E-state index contributed by atoms with van der Waals surface area (Å²) < 4.78 is 5.42. The lowest BCUT2D eigenvalue weighted by molar-refractivity contribution is -0.144. The van der Waals surface area contributed by atoms with E-state index in [1.54, 1.807) is 32.9 Å². The number of aliphatic carboxylic acids is 4. The first kappa shape index (κ1) is 37.8. The van der Waals surface area contributed by atoms with Gasteiger partial charge in [-0.1, -0.05) is 19.1 Å². The van der Waals surface area contributed by atoms with Gasteiger partial charge in [0.05, 0.1) is 31.7 Å². The van der Waals surface area contributed by atoms with Crippen molar-refractivity contribution in [1.82, 2.24) is 19.6 Å². The van der Waals surface area contributed by atoms with E-state index in [-0.39, 0.29) is 19.6 Å². The highest BCUT2D eigenvalue weighted by molar-refractivity contribution is 7.80. The Morgan fingerprint density at radius 2 is 1.20 bits per heavy atom. The van der Waals surface area contributed by atoms with Crippen LogP contribution in [0.2, 0.25) is 0 Å². The summed E-state index contributed by atoms with van der Waals surface area (Å²) in [6, 6.07) is 4.04. The van der Waals surface area contributed by atoms with E-state index in [1.165, 1.54) is 7.11 Å². The van der Waals surface area contributed by atoms with E-state index >= 15 is 0 Å². The Labute approximate surface area is 269 Å². The molecule has 1 aromatic rings. The fourth-order valence-corrected chi connectivity index (χ4v) is 5.63. The van der Waals surface area contributed by atoms with Crippen molar-refractivity contribution in [3.63, 3.8) is 0 Å². The van der Waals surface area contributed by atoms with Gasteiger partial charge in [-0.15, -0.1) is 0 Å². The number of carboxylic acid groups (broad SMARTS) is 4. The monoisotopic (exact) mass is 653 g/mol. The standard InChI is InChI=1S/C30H47N5O9S/c1-3-25(45)31-24-9-8-22(44-2)18-23(24)29(30(42)43)35-16-6-14-33(20-27(38)39)12-4-10-32(19-26(36)37)11-5-13-34(15-7-17-35)21-28(40)41/h8-9,18,29H,3-7,10-17,19-21H2,1-2H3,(H,31,45)(H,36,37)(H,38,39)(H,40,41)(H,42,43). The normalized spacial score (nSPS) is 18.1. The molecule has 1 unspecified atom stereocenters. The summed E-state index contributed by atoms with van der Waals surface area (Å²) in [7, 11) is 1.50. The van der Waals surface area contributed by atoms with Crippen molar-refractivity contribution >= 4 is 46.8 Å². The third kappa shape index (κ3) is 14.1. The van der Waals surface area contributed by atoms with Gasteiger partial charge < -0.3 is 30.5 Å². The minimum atomic E-state index is -1.09. The van der Waals surface area contributed by atoms with Gasteiger partial charge in [-0.05, 0) is 89.6 Å². The zero-order chi connectivity index (χ0) is 33.4. The first-order chi connectivity index (χ1) is 21.4. The number of carboxylic acids is 4. The molecule has 5 N–H and O–H groups in total. The Morgan fingerprint density at radius 3 is 1.56 bits per heavy atom. The molecule has 2 rings (SSSR count). The number of benzene rings is 1. The lowest BCUT2D eigenvalue weighted by Crippen LogP contribution is -2.41. The Balaban J connectivity index is 2.42. The highest BCUT2D eigenvalue weighted by atomic mass is 32.1. The van der Waals surface area contributed by atoms with Crippen molar-refractivity contribution in [2.75, 3.05) is 84.4 Å². The fraction of sp³-hybridized carbons (Fsp3) is 0.633. The first-order valence-corrected chi connectivity index (χ1v) is 15.6. The van der Waals surface area contributed by atoms with Crippen LogP contribution < -0.4 is 10.1 Å². The largest absolute Gasteiger partial charge is 0.497 e. The molecule has 45 heavy (non-hydrogen) atoms. The Kier molecular flexibility index (Phi) is 16.7. The van der Waals surface area contributed by atoms with E-state index in [1.807, 2.05) is 11.8 Å². The average molecular weight is 654 g/mol. The average Bonchev–Trinajstić information content (AvgIpc) is 2.95. The molecular weight excluding hydrogens is 606 g/mol. The maximum Gasteiger partial charge on any atom is 0.325 e. The van der Waals surface area contributed by atoms with Gasteiger partial charge in [-0.2, -0.15) is 0 Å². The zero-order valence-corrected chi connectivity index (χ0v) is 27.0. The highest BCUT2D eigenvalue weighted by Crippen LogP contribution is 2.32. The van der Waals surface area contributed by atoms with Gasteiger partial charge in [0, 0.05) is 24.3 Å². The molecule has 252 valence electrons. The molecule has 1 fully saturated rings. The minimum Gasteiger partial charge on any atom is -0.497 e. The van der Waals surface area contributed by atoms with Crippen molar-refractivity contribution < 1.29 is 44.3 Å². The van der Waals surface area contributed by atoms with E-state index in [4.69, 9.17) is 17.0 Å². The molecule has 15 heteroatoms.